The van der Waals surface area contributed by atoms with E-state index in [1.54, 1.807) is 36.5 Å². The van der Waals surface area contributed by atoms with E-state index in [0.717, 1.165) is 6.20 Å². The van der Waals surface area contributed by atoms with Gasteiger partial charge < -0.3 is 9.47 Å². The van der Waals surface area contributed by atoms with E-state index in [4.69, 9.17) is 9.47 Å². The van der Waals surface area contributed by atoms with Gasteiger partial charge in [-0.3, -0.25) is 19.9 Å². The van der Waals surface area contributed by atoms with Crippen LogP contribution in [0.3, 0.4) is 0 Å². The van der Waals surface area contributed by atoms with Gasteiger partial charge in [0.15, 0.2) is 11.5 Å². The number of carbonyl (C=O) groups excluding carboxylic acids is 1. The largest absolute Gasteiger partial charge is 0.493 e. The van der Waals surface area contributed by atoms with Gasteiger partial charge in [0, 0.05) is 24.5 Å². The molecule has 0 aliphatic heterocycles. The number of amides is 1. The number of pyridine rings is 2. The summed E-state index contributed by atoms with van der Waals surface area (Å²) < 4.78 is 10.9. The van der Waals surface area contributed by atoms with E-state index in [1.807, 2.05) is 0 Å². The van der Waals surface area contributed by atoms with Crippen LogP contribution >= 0.6 is 0 Å². The predicted octanol–water partition coefficient (Wildman–Crippen LogP) is 2.95. The second kappa shape index (κ2) is 9.04. The molecule has 0 atom stereocenters. The predicted molar refractivity (Wildman–Crippen MR) is 103 cm³/mol. The van der Waals surface area contributed by atoms with Gasteiger partial charge in [-0.05, 0) is 35.9 Å². The van der Waals surface area contributed by atoms with E-state index in [1.165, 1.54) is 31.7 Å². The lowest BCUT2D eigenvalue weighted by molar-refractivity contribution is -0.385. The van der Waals surface area contributed by atoms with Crippen LogP contribution in [-0.4, -0.2) is 34.1 Å². The summed E-state index contributed by atoms with van der Waals surface area (Å²) in [4.78, 5) is 29.8. The van der Waals surface area contributed by atoms with E-state index in [0.29, 0.717) is 22.6 Å². The molecular formula is C19H15N5O5. The molecule has 10 heteroatoms. The number of rotatable bonds is 7. The fourth-order valence-corrected chi connectivity index (χ4v) is 2.23. The van der Waals surface area contributed by atoms with Crippen molar-refractivity contribution in [2.75, 3.05) is 7.11 Å². The van der Waals surface area contributed by atoms with E-state index in [-0.39, 0.29) is 17.5 Å². The molecule has 146 valence electrons. The first-order valence-corrected chi connectivity index (χ1v) is 8.26. The van der Waals surface area contributed by atoms with Crippen molar-refractivity contribution in [2.45, 2.75) is 0 Å². The summed E-state index contributed by atoms with van der Waals surface area (Å²) in [6.45, 7) is 0. The van der Waals surface area contributed by atoms with E-state index >= 15 is 0 Å². The number of nitro groups is 1. The number of methoxy groups -OCH3 is 1. The molecule has 0 saturated carbocycles. The highest BCUT2D eigenvalue weighted by molar-refractivity contribution is 5.94. The van der Waals surface area contributed by atoms with Crippen molar-refractivity contribution in [1.29, 1.82) is 0 Å². The highest BCUT2D eigenvalue weighted by Gasteiger charge is 2.10. The van der Waals surface area contributed by atoms with Crippen LogP contribution in [0.4, 0.5) is 5.69 Å². The highest BCUT2D eigenvalue weighted by atomic mass is 16.6. The topological polar surface area (TPSA) is 129 Å². The summed E-state index contributed by atoms with van der Waals surface area (Å²) in [7, 11) is 1.47. The van der Waals surface area contributed by atoms with Crippen LogP contribution in [0.1, 0.15) is 15.9 Å². The summed E-state index contributed by atoms with van der Waals surface area (Å²) in [6.07, 6.45) is 5.56. The zero-order chi connectivity index (χ0) is 20.6. The number of benzene rings is 1. The normalized spacial score (nSPS) is 10.5. The first-order chi connectivity index (χ1) is 14.1. The molecule has 2 heterocycles. The molecule has 1 N–H and O–H groups in total. The zero-order valence-corrected chi connectivity index (χ0v) is 15.2. The van der Waals surface area contributed by atoms with Gasteiger partial charge in [0.05, 0.1) is 23.8 Å². The summed E-state index contributed by atoms with van der Waals surface area (Å²) in [6, 6.07) is 10.9. The maximum absolute atomic E-state index is 11.9. The Bertz CT molecular complexity index is 1040. The van der Waals surface area contributed by atoms with E-state index in [9.17, 15) is 14.9 Å². The number of ether oxygens (including phenoxy) is 2. The van der Waals surface area contributed by atoms with Crippen LogP contribution in [0.5, 0.6) is 17.4 Å². The fraction of sp³-hybridized carbons (Fsp3) is 0.0526. The molecule has 2 aromatic heterocycles. The summed E-state index contributed by atoms with van der Waals surface area (Å²) in [5.74, 6) is 0.558. The molecule has 0 fully saturated rings. The number of nitrogens with one attached hydrogen (secondary N) is 1. The highest BCUT2D eigenvalue weighted by Crippen LogP contribution is 2.31. The molecule has 0 saturated heterocycles. The maximum atomic E-state index is 11.9. The zero-order valence-electron chi connectivity index (χ0n) is 15.2. The maximum Gasteiger partial charge on any atom is 0.287 e. The molecule has 3 aromatic rings. The van der Waals surface area contributed by atoms with Crippen molar-refractivity contribution >= 4 is 17.8 Å². The molecule has 0 aliphatic carbocycles. The van der Waals surface area contributed by atoms with Crippen LogP contribution in [0, 0.1) is 10.1 Å². The Labute approximate surface area is 165 Å². The average molecular weight is 393 g/mol. The minimum atomic E-state index is -0.543. The monoisotopic (exact) mass is 393 g/mol. The van der Waals surface area contributed by atoms with Gasteiger partial charge >= 0.3 is 0 Å². The van der Waals surface area contributed by atoms with Gasteiger partial charge in [0.1, 0.15) is 6.20 Å². The second-order valence-electron chi connectivity index (χ2n) is 5.56. The average Bonchev–Trinajstić information content (AvgIpc) is 2.75. The lowest BCUT2D eigenvalue weighted by Gasteiger charge is -2.10. The number of hydrazone groups is 1. The first-order valence-electron chi connectivity index (χ1n) is 8.26. The van der Waals surface area contributed by atoms with Crippen LogP contribution in [0.2, 0.25) is 0 Å². The third kappa shape index (κ3) is 5.10. The standard InChI is InChI=1S/C19H15N5O5/c1-28-17-9-13(10-22-23-19(25)14-3-2-8-20-11-14)4-6-16(17)29-18-7-5-15(12-21-18)24(26)27/h2-12H,1H3,(H,23,25)/b22-10+. The quantitative estimate of drug-likeness (QED) is 0.371. The minimum Gasteiger partial charge on any atom is -0.493 e. The Balaban J connectivity index is 1.68. The Morgan fingerprint density at radius 2 is 2.07 bits per heavy atom. The third-order valence-electron chi connectivity index (χ3n) is 3.64. The molecule has 0 radical (unpaired) electrons. The van der Waals surface area contributed by atoms with Crippen LogP contribution in [0.15, 0.2) is 66.2 Å². The van der Waals surface area contributed by atoms with Crippen molar-refractivity contribution in [3.8, 4) is 17.4 Å². The molecule has 10 nitrogen and oxygen atoms in total. The molecule has 0 aliphatic rings. The van der Waals surface area contributed by atoms with Crippen molar-refractivity contribution < 1.29 is 19.2 Å². The molecular weight excluding hydrogens is 378 g/mol. The lowest BCUT2D eigenvalue weighted by atomic mass is 10.2. The number of hydrogen-bond acceptors (Lipinski definition) is 8. The molecule has 0 unspecified atom stereocenters. The Morgan fingerprint density at radius 1 is 1.21 bits per heavy atom. The number of nitrogens with zero attached hydrogens (tertiary/aromatic N) is 4. The second-order valence-corrected chi connectivity index (χ2v) is 5.56. The third-order valence-corrected chi connectivity index (χ3v) is 3.64. The number of hydrogen-bond donors (Lipinski definition) is 1. The molecule has 0 spiro atoms. The van der Waals surface area contributed by atoms with E-state index < -0.39 is 4.92 Å². The van der Waals surface area contributed by atoms with Crippen LogP contribution in [0.25, 0.3) is 0 Å². The molecule has 0 bridgehead atoms. The van der Waals surface area contributed by atoms with Gasteiger partial charge in [-0.2, -0.15) is 5.10 Å². The lowest BCUT2D eigenvalue weighted by Crippen LogP contribution is -2.17. The molecule has 1 aromatic carbocycles. The summed E-state index contributed by atoms with van der Waals surface area (Å²) in [5.41, 5.74) is 3.31. The van der Waals surface area contributed by atoms with Gasteiger partial charge in [-0.1, -0.05) is 0 Å². The van der Waals surface area contributed by atoms with Crippen molar-refractivity contribution in [1.82, 2.24) is 15.4 Å². The Hall–Kier alpha value is -4.34. The molecule has 1 amide bonds. The van der Waals surface area contributed by atoms with Crippen LogP contribution < -0.4 is 14.9 Å². The summed E-state index contributed by atoms with van der Waals surface area (Å²) >= 11 is 0. The van der Waals surface area contributed by atoms with Crippen molar-refractivity contribution in [3.05, 3.63) is 82.3 Å². The SMILES string of the molecule is COc1cc(/C=N/NC(=O)c2cccnc2)ccc1Oc1ccc([N+](=O)[O-])cn1. The van der Waals surface area contributed by atoms with Gasteiger partial charge in [0.25, 0.3) is 11.6 Å². The van der Waals surface area contributed by atoms with Gasteiger partial charge in [-0.25, -0.2) is 10.4 Å². The van der Waals surface area contributed by atoms with Crippen LogP contribution in [-0.2, 0) is 0 Å². The first kappa shape index (κ1) is 19.4. The van der Waals surface area contributed by atoms with Crippen molar-refractivity contribution in [3.63, 3.8) is 0 Å². The van der Waals surface area contributed by atoms with E-state index in [2.05, 4.69) is 20.5 Å². The number of aromatic nitrogens is 2. The Kier molecular flexibility index (Phi) is 6.05. The smallest absolute Gasteiger partial charge is 0.287 e. The fourth-order valence-electron chi connectivity index (χ4n) is 2.23. The van der Waals surface area contributed by atoms with Gasteiger partial charge in [-0.15, -0.1) is 0 Å². The minimum absolute atomic E-state index is 0.135. The van der Waals surface area contributed by atoms with Crippen molar-refractivity contribution in [2.24, 2.45) is 5.10 Å². The number of carbonyl (C=O) groups is 1. The Morgan fingerprint density at radius 3 is 2.72 bits per heavy atom. The summed E-state index contributed by atoms with van der Waals surface area (Å²) in [5, 5.41) is 14.6. The van der Waals surface area contributed by atoms with Gasteiger partial charge in [0.2, 0.25) is 5.88 Å². The molecule has 3 rings (SSSR count). The molecule has 29 heavy (non-hydrogen) atoms.